The van der Waals surface area contributed by atoms with Crippen LogP contribution in [0.15, 0.2) is 20.6 Å². The largest absolute Gasteiger partial charge is 0.315 e. The Kier molecular flexibility index (Phi) is 3.95. The minimum absolute atomic E-state index is 0.0478. The maximum atomic E-state index is 11.9. The van der Waals surface area contributed by atoms with Gasteiger partial charge in [0, 0.05) is 30.2 Å². The van der Waals surface area contributed by atoms with Gasteiger partial charge in [0.25, 0.3) is 10.0 Å². The van der Waals surface area contributed by atoms with Gasteiger partial charge in [-0.2, -0.15) is 0 Å². The van der Waals surface area contributed by atoms with Crippen LogP contribution in [-0.2, 0) is 16.4 Å². The molecule has 0 aliphatic rings. The monoisotopic (exact) mass is 305 g/mol. The summed E-state index contributed by atoms with van der Waals surface area (Å²) < 4.78 is 26.3. The van der Waals surface area contributed by atoms with E-state index in [4.69, 9.17) is 0 Å². The van der Waals surface area contributed by atoms with Crippen molar-refractivity contribution >= 4 is 32.7 Å². The van der Waals surface area contributed by atoms with Crippen molar-refractivity contribution in [3.63, 3.8) is 0 Å². The number of rotatable bonds is 5. The molecule has 0 aliphatic carbocycles. The third-order valence-electron chi connectivity index (χ3n) is 2.14. The first-order chi connectivity index (χ1) is 8.49. The molecule has 0 aliphatic heterocycles. The molecular formula is C9H11N3O3S3. The summed E-state index contributed by atoms with van der Waals surface area (Å²) in [6.07, 6.45) is 2.21. The standard InChI is InChI=1S/C9H11N3O3S3/c1-6-8(17-9(13)12-6)18(14,15)11-3-2-7-10-4-5-16-7/h4-5,11H,2-3H2,1H3,(H,12,13). The molecular weight excluding hydrogens is 294 g/mol. The van der Waals surface area contributed by atoms with E-state index in [1.807, 2.05) is 5.38 Å². The summed E-state index contributed by atoms with van der Waals surface area (Å²) in [5.74, 6) is 0. The van der Waals surface area contributed by atoms with Crippen molar-refractivity contribution in [1.29, 1.82) is 0 Å². The van der Waals surface area contributed by atoms with Crippen molar-refractivity contribution in [2.75, 3.05) is 6.54 Å². The van der Waals surface area contributed by atoms with Gasteiger partial charge in [0.05, 0.1) is 5.01 Å². The van der Waals surface area contributed by atoms with E-state index in [-0.39, 0.29) is 15.6 Å². The lowest BCUT2D eigenvalue weighted by Gasteiger charge is -2.03. The normalized spacial score (nSPS) is 11.8. The van der Waals surface area contributed by atoms with Gasteiger partial charge in [0.1, 0.15) is 0 Å². The highest BCUT2D eigenvalue weighted by molar-refractivity contribution is 7.91. The smallest absolute Gasteiger partial charge is 0.305 e. The number of thiazole rings is 2. The predicted octanol–water partition coefficient (Wildman–Crippen LogP) is 0.722. The Morgan fingerprint density at radius 3 is 2.83 bits per heavy atom. The SMILES string of the molecule is Cc1[nH]c(=O)sc1S(=O)(=O)NCCc1nccs1. The first kappa shape index (κ1) is 13.4. The fourth-order valence-electron chi connectivity index (χ4n) is 1.38. The van der Waals surface area contributed by atoms with Gasteiger partial charge >= 0.3 is 4.87 Å². The van der Waals surface area contributed by atoms with E-state index in [0.717, 1.165) is 5.01 Å². The zero-order chi connectivity index (χ0) is 13.2. The van der Waals surface area contributed by atoms with Crippen LogP contribution >= 0.6 is 22.7 Å². The number of nitrogens with zero attached hydrogens (tertiary/aromatic N) is 1. The van der Waals surface area contributed by atoms with Crippen molar-refractivity contribution in [2.24, 2.45) is 0 Å². The van der Waals surface area contributed by atoms with E-state index < -0.39 is 10.0 Å². The van der Waals surface area contributed by atoms with Crippen LogP contribution in [0.4, 0.5) is 0 Å². The molecule has 2 aromatic heterocycles. The molecule has 0 radical (unpaired) electrons. The van der Waals surface area contributed by atoms with Crippen molar-refractivity contribution in [3.8, 4) is 0 Å². The maximum Gasteiger partial charge on any atom is 0.305 e. The second-order valence-corrected chi connectivity index (χ2v) is 7.43. The number of H-pyrrole nitrogens is 1. The minimum Gasteiger partial charge on any atom is -0.315 e. The van der Waals surface area contributed by atoms with Crippen molar-refractivity contribution in [2.45, 2.75) is 17.6 Å². The second-order valence-electron chi connectivity index (χ2n) is 3.50. The summed E-state index contributed by atoms with van der Waals surface area (Å²) in [4.78, 5) is 17.2. The fourth-order valence-corrected chi connectivity index (χ4v) is 4.38. The molecule has 2 aromatic rings. The lowest BCUT2D eigenvalue weighted by Crippen LogP contribution is -2.25. The topological polar surface area (TPSA) is 91.9 Å². The van der Waals surface area contributed by atoms with Crippen LogP contribution < -0.4 is 9.60 Å². The lowest BCUT2D eigenvalue weighted by atomic mass is 10.5. The molecule has 0 spiro atoms. The number of hydrogen-bond acceptors (Lipinski definition) is 6. The van der Waals surface area contributed by atoms with E-state index in [2.05, 4.69) is 14.7 Å². The quantitative estimate of drug-likeness (QED) is 0.851. The van der Waals surface area contributed by atoms with Gasteiger partial charge in [-0.1, -0.05) is 11.3 Å². The molecule has 0 amide bonds. The highest BCUT2D eigenvalue weighted by atomic mass is 32.2. The Balaban J connectivity index is 2.04. The molecule has 0 saturated carbocycles. The molecule has 2 rings (SSSR count). The number of aromatic amines is 1. The van der Waals surface area contributed by atoms with Crippen molar-refractivity contribution in [3.05, 3.63) is 31.9 Å². The summed E-state index contributed by atoms with van der Waals surface area (Å²) in [6, 6.07) is 0. The van der Waals surface area contributed by atoms with E-state index >= 15 is 0 Å². The average molecular weight is 305 g/mol. The highest BCUT2D eigenvalue weighted by Gasteiger charge is 2.19. The summed E-state index contributed by atoms with van der Waals surface area (Å²) in [7, 11) is -3.61. The third-order valence-corrected chi connectivity index (χ3v) is 6.04. The Morgan fingerprint density at radius 1 is 1.50 bits per heavy atom. The Labute approximate surface area is 112 Å². The van der Waals surface area contributed by atoms with Crippen LogP contribution in [0, 0.1) is 6.92 Å². The summed E-state index contributed by atoms with van der Waals surface area (Å²) in [5.41, 5.74) is 0.367. The third kappa shape index (κ3) is 3.05. The molecule has 0 bridgehead atoms. The molecule has 9 heteroatoms. The summed E-state index contributed by atoms with van der Waals surface area (Å²) in [6.45, 7) is 1.83. The predicted molar refractivity (Wildman–Crippen MR) is 70.7 cm³/mol. The van der Waals surface area contributed by atoms with Gasteiger partial charge in [0.2, 0.25) is 0 Å². The first-order valence-electron chi connectivity index (χ1n) is 5.07. The van der Waals surface area contributed by atoms with E-state index in [9.17, 15) is 13.2 Å². The highest BCUT2D eigenvalue weighted by Crippen LogP contribution is 2.15. The summed E-state index contributed by atoms with van der Waals surface area (Å²) >= 11 is 2.17. The molecule has 0 aromatic carbocycles. The Bertz CT molecular complexity index is 669. The molecule has 6 nitrogen and oxygen atoms in total. The van der Waals surface area contributed by atoms with Gasteiger partial charge in [-0.15, -0.1) is 11.3 Å². The maximum absolute atomic E-state index is 11.9. The van der Waals surface area contributed by atoms with E-state index in [1.165, 1.54) is 11.3 Å². The molecule has 2 N–H and O–H groups in total. The second kappa shape index (κ2) is 5.31. The van der Waals surface area contributed by atoms with Crippen LogP contribution in [-0.4, -0.2) is 24.9 Å². The van der Waals surface area contributed by atoms with Crippen LogP contribution in [0.1, 0.15) is 10.7 Å². The van der Waals surface area contributed by atoms with Gasteiger partial charge in [0.15, 0.2) is 4.21 Å². The van der Waals surface area contributed by atoms with E-state index in [1.54, 1.807) is 13.1 Å². The van der Waals surface area contributed by atoms with Crippen LogP contribution in [0.3, 0.4) is 0 Å². The molecule has 2 heterocycles. The molecule has 18 heavy (non-hydrogen) atoms. The summed E-state index contributed by atoms with van der Waals surface area (Å²) in [5, 5.41) is 2.71. The van der Waals surface area contributed by atoms with Gasteiger partial charge in [-0.05, 0) is 6.92 Å². The number of nitrogens with one attached hydrogen (secondary N) is 2. The minimum atomic E-state index is -3.61. The zero-order valence-electron chi connectivity index (χ0n) is 9.47. The van der Waals surface area contributed by atoms with Crippen LogP contribution in [0.5, 0.6) is 0 Å². The average Bonchev–Trinajstić information content (AvgIpc) is 2.88. The van der Waals surface area contributed by atoms with Crippen LogP contribution in [0.2, 0.25) is 0 Å². The van der Waals surface area contributed by atoms with E-state index in [0.29, 0.717) is 23.5 Å². The number of aryl methyl sites for hydroxylation is 1. The van der Waals surface area contributed by atoms with Crippen LogP contribution in [0.25, 0.3) is 0 Å². The molecule has 0 atom stereocenters. The number of hydrogen-bond donors (Lipinski definition) is 2. The molecule has 98 valence electrons. The van der Waals surface area contributed by atoms with Crippen molar-refractivity contribution < 1.29 is 8.42 Å². The Morgan fingerprint density at radius 2 is 2.28 bits per heavy atom. The molecule has 0 fully saturated rings. The van der Waals surface area contributed by atoms with Gasteiger partial charge < -0.3 is 4.98 Å². The zero-order valence-corrected chi connectivity index (χ0v) is 11.9. The van der Waals surface area contributed by atoms with Gasteiger partial charge in [-0.3, -0.25) is 4.79 Å². The first-order valence-corrected chi connectivity index (χ1v) is 8.25. The number of sulfonamides is 1. The lowest BCUT2D eigenvalue weighted by molar-refractivity contribution is 0.583. The molecule has 0 unspecified atom stereocenters. The molecule has 0 saturated heterocycles. The van der Waals surface area contributed by atoms with Gasteiger partial charge in [-0.25, -0.2) is 18.1 Å². The Hall–Kier alpha value is -1.03. The van der Waals surface area contributed by atoms with Crippen molar-refractivity contribution in [1.82, 2.24) is 14.7 Å². The fraction of sp³-hybridized carbons (Fsp3) is 0.333. The number of aromatic nitrogens is 2.